The van der Waals surface area contributed by atoms with Gasteiger partial charge in [-0.15, -0.1) is 0 Å². The fourth-order valence-electron chi connectivity index (χ4n) is 1.35. The molecule has 0 saturated carbocycles. The number of unbranched alkanes of at least 4 members (excludes halogenated alkanes) is 8. The SMILES string of the molecule is CCCCCCC.CCCCCCC.OP(O)(O)=S.OP(O)(O)=S.OP(O)(O)=S. The van der Waals surface area contributed by atoms with Crippen LogP contribution >= 0.6 is 20.2 Å². The molecule has 0 aromatic carbocycles. The zero-order valence-electron chi connectivity index (χ0n) is 17.7. The second-order valence-corrected chi connectivity index (χ2v) is 13.1. The topological polar surface area (TPSA) is 182 Å². The summed E-state index contributed by atoms with van der Waals surface area (Å²) in [6.45, 7) is -2.43. The van der Waals surface area contributed by atoms with Crippen LogP contribution in [0.5, 0.6) is 0 Å². The molecule has 0 rings (SSSR count). The maximum absolute atomic E-state index is 7.56. The van der Waals surface area contributed by atoms with E-state index in [-0.39, 0.29) is 0 Å². The summed E-state index contributed by atoms with van der Waals surface area (Å²) in [7, 11) is 0. The molecular weight excluding hydrogens is 501 g/mol. The second kappa shape index (κ2) is 27.6. The molecule has 9 nitrogen and oxygen atoms in total. The Kier molecular flexibility index (Phi) is 39.0. The summed E-state index contributed by atoms with van der Waals surface area (Å²) < 4.78 is 0. The van der Waals surface area contributed by atoms with Crippen LogP contribution < -0.4 is 0 Å². The molecule has 29 heavy (non-hydrogen) atoms. The van der Waals surface area contributed by atoms with Gasteiger partial charge in [-0.1, -0.05) is 91.9 Å². The Balaban J connectivity index is -0.0000000836. The van der Waals surface area contributed by atoms with Gasteiger partial charge in [0.15, 0.2) is 0 Å². The number of hydrogen-bond donors (Lipinski definition) is 9. The summed E-state index contributed by atoms with van der Waals surface area (Å²) in [6.07, 6.45) is 14.0. The van der Waals surface area contributed by atoms with Crippen LogP contribution in [0, 0.1) is 0 Å². The molecule has 0 aliphatic rings. The summed E-state index contributed by atoms with van der Waals surface area (Å²) in [5.74, 6) is 0. The largest absolute Gasteiger partial charge is 0.325 e. The normalized spacial score (nSPS) is 10.7. The van der Waals surface area contributed by atoms with Crippen molar-refractivity contribution >= 4 is 55.6 Å². The van der Waals surface area contributed by atoms with Crippen molar-refractivity contribution in [2.75, 3.05) is 0 Å². The maximum Gasteiger partial charge on any atom is 0.319 e. The van der Waals surface area contributed by atoms with Crippen molar-refractivity contribution in [2.45, 2.75) is 91.9 Å². The Labute approximate surface area is 191 Å². The van der Waals surface area contributed by atoms with Crippen LogP contribution in [-0.2, 0) is 35.4 Å². The van der Waals surface area contributed by atoms with Gasteiger partial charge in [-0.2, -0.15) is 0 Å². The van der Waals surface area contributed by atoms with E-state index in [9.17, 15) is 0 Å². The first kappa shape index (κ1) is 40.9. The minimum atomic E-state index is -3.81. The van der Waals surface area contributed by atoms with E-state index >= 15 is 0 Å². The van der Waals surface area contributed by atoms with Gasteiger partial charge in [-0.05, 0) is 35.4 Å². The lowest BCUT2D eigenvalue weighted by atomic mass is 10.2. The van der Waals surface area contributed by atoms with Crippen molar-refractivity contribution < 1.29 is 44.0 Å². The first-order valence-electron chi connectivity index (χ1n) is 9.18. The van der Waals surface area contributed by atoms with E-state index in [4.69, 9.17) is 44.0 Å². The van der Waals surface area contributed by atoms with Gasteiger partial charge in [0.2, 0.25) is 0 Å². The number of hydrogen-bond acceptors (Lipinski definition) is 3. The lowest BCUT2D eigenvalue weighted by Crippen LogP contribution is -1.70. The van der Waals surface area contributed by atoms with E-state index in [0.717, 1.165) is 0 Å². The predicted octanol–water partition coefficient (Wildman–Crippen LogP) is 3.52. The van der Waals surface area contributed by atoms with Gasteiger partial charge in [-0.3, -0.25) is 0 Å². The molecule has 184 valence electrons. The predicted molar refractivity (Wildman–Crippen MR) is 132 cm³/mol. The summed E-state index contributed by atoms with van der Waals surface area (Å²) in [6, 6.07) is 0. The smallest absolute Gasteiger partial charge is 0.319 e. The fraction of sp³-hybridized carbons (Fsp3) is 1.00. The van der Waals surface area contributed by atoms with Gasteiger partial charge in [0.25, 0.3) is 0 Å². The lowest BCUT2D eigenvalue weighted by molar-refractivity contribution is 0.361. The van der Waals surface area contributed by atoms with E-state index in [1.54, 1.807) is 0 Å². The van der Waals surface area contributed by atoms with Gasteiger partial charge in [0, 0.05) is 0 Å². The Morgan fingerprint density at radius 3 is 0.552 bits per heavy atom. The molecule has 0 saturated heterocycles. The van der Waals surface area contributed by atoms with E-state index in [0.29, 0.717) is 0 Å². The highest BCUT2D eigenvalue weighted by Crippen LogP contribution is 2.27. The van der Waals surface area contributed by atoms with E-state index in [2.05, 4.69) is 63.1 Å². The third kappa shape index (κ3) is 245. The van der Waals surface area contributed by atoms with Crippen LogP contribution in [0.1, 0.15) is 91.9 Å². The zero-order valence-corrected chi connectivity index (χ0v) is 22.8. The van der Waals surface area contributed by atoms with E-state index in [1.807, 2.05) is 0 Å². The molecule has 0 aromatic heterocycles. The molecule has 0 aliphatic heterocycles. The van der Waals surface area contributed by atoms with Gasteiger partial charge in [0.05, 0.1) is 0 Å². The highest BCUT2D eigenvalue weighted by Gasteiger charge is 1.93. The third-order valence-electron chi connectivity index (χ3n) is 2.41. The molecule has 0 fully saturated rings. The molecule has 9 N–H and O–H groups in total. The highest BCUT2D eigenvalue weighted by atomic mass is 32.5. The van der Waals surface area contributed by atoms with Gasteiger partial charge in [0.1, 0.15) is 0 Å². The average molecular weight is 543 g/mol. The Morgan fingerprint density at radius 2 is 0.483 bits per heavy atom. The number of rotatable bonds is 8. The summed E-state index contributed by atoms with van der Waals surface area (Å²) in [4.78, 5) is 68.0. The van der Waals surface area contributed by atoms with Crippen LogP contribution in [0.3, 0.4) is 0 Å². The molecule has 0 amide bonds. The first-order valence-corrected chi connectivity index (χ1v) is 17.2. The van der Waals surface area contributed by atoms with Crippen molar-refractivity contribution in [3.05, 3.63) is 0 Å². The molecule has 15 heteroatoms. The summed E-state index contributed by atoms with van der Waals surface area (Å²) in [5.41, 5.74) is 0. The maximum atomic E-state index is 7.56. The monoisotopic (exact) mass is 542 g/mol. The van der Waals surface area contributed by atoms with Crippen LogP contribution in [0.15, 0.2) is 0 Å². The van der Waals surface area contributed by atoms with E-state index in [1.165, 1.54) is 64.2 Å². The minimum Gasteiger partial charge on any atom is -0.325 e. The molecule has 0 aromatic rings. The molecule has 0 aliphatic carbocycles. The molecule has 0 heterocycles. The molecule has 0 unspecified atom stereocenters. The van der Waals surface area contributed by atoms with Crippen molar-refractivity contribution in [2.24, 2.45) is 0 Å². The quantitative estimate of drug-likeness (QED) is 0.161. The molecule has 0 spiro atoms. The molecule has 0 atom stereocenters. The second-order valence-electron chi connectivity index (χ2n) is 5.66. The molecule has 0 radical (unpaired) electrons. The van der Waals surface area contributed by atoms with Crippen LogP contribution in [0.2, 0.25) is 0 Å². The molecule has 0 bridgehead atoms. The van der Waals surface area contributed by atoms with Crippen molar-refractivity contribution in [3.8, 4) is 0 Å². The molecular formula is C14H41O9P3S3. The standard InChI is InChI=1S/2C7H16.3H3O3PS/c2*1-3-5-7-6-4-2;3*1-4(2,3)5/h2*3-7H2,1-2H3;3*(H3,1,2,3,5). The summed E-state index contributed by atoms with van der Waals surface area (Å²) >= 11 is 10.8. The van der Waals surface area contributed by atoms with Gasteiger partial charge < -0.3 is 44.0 Å². The first-order chi connectivity index (χ1) is 12.8. The zero-order chi connectivity index (χ0) is 24.6. The third-order valence-corrected chi connectivity index (χ3v) is 2.41. The fourth-order valence-corrected chi connectivity index (χ4v) is 1.35. The van der Waals surface area contributed by atoms with Crippen LogP contribution in [0.25, 0.3) is 0 Å². The van der Waals surface area contributed by atoms with Gasteiger partial charge >= 0.3 is 20.2 Å². The Hall–Kier alpha value is 1.59. The Bertz CT molecular complexity index is 349. The van der Waals surface area contributed by atoms with Crippen LogP contribution in [0.4, 0.5) is 0 Å². The van der Waals surface area contributed by atoms with Crippen molar-refractivity contribution in [1.29, 1.82) is 0 Å². The summed E-state index contributed by atoms with van der Waals surface area (Å²) in [5, 5.41) is 0. The van der Waals surface area contributed by atoms with Crippen molar-refractivity contribution in [1.82, 2.24) is 0 Å². The lowest BCUT2D eigenvalue weighted by Gasteiger charge is -1.90. The Morgan fingerprint density at radius 1 is 0.379 bits per heavy atom. The van der Waals surface area contributed by atoms with Crippen molar-refractivity contribution in [3.63, 3.8) is 0 Å². The van der Waals surface area contributed by atoms with E-state index < -0.39 is 20.2 Å². The highest BCUT2D eigenvalue weighted by molar-refractivity contribution is 8.06. The minimum absolute atomic E-state index is 1.36. The van der Waals surface area contributed by atoms with Crippen LogP contribution in [-0.4, -0.2) is 44.0 Å². The van der Waals surface area contributed by atoms with Gasteiger partial charge in [-0.25, -0.2) is 0 Å². The average Bonchev–Trinajstić information content (AvgIpc) is 2.44.